The number of amides is 1. The molecular weight excluding hydrogens is 497 g/mol. The van der Waals surface area contributed by atoms with Crippen molar-refractivity contribution in [3.05, 3.63) is 71.1 Å². The van der Waals surface area contributed by atoms with Crippen molar-refractivity contribution in [2.45, 2.75) is 45.3 Å². The fourth-order valence-corrected chi connectivity index (χ4v) is 5.45. The number of aryl methyl sites for hydroxylation is 1. The van der Waals surface area contributed by atoms with E-state index < -0.39 is 17.6 Å². The number of carbonyl (C=O) groups excluding carboxylic acids is 2. The van der Waals surface area contributed by atoms with E-state index in [-0.39, 0.29) is 29.9 Å². The van der Waals surface area contributed by atoms with Crippen LogP contribution in [0.25, 0.3) is 21.9 Å². The van der Waals surface area contributed by atoms with Crippen molar-refractivity contribution < 1.29 is 31.9 Å². The molecule has 0 atom stereocenters. The number of ether oxygens (including phenoxy) is 1. The molecule has 0 saturated heterocycles. The average Bonchev–Trinajstić information content (AvgIpc) is 3.46. The summed E-state index contributed by atoms with van der Waals surface area (Å²) in [5.74, 6) is -0.0970. The van der Waals surface area contributed by atoms with E-state index in [0.29, 0.717) is 36.0 Å². The molecule has 4 aromatic rings. The molecule has 1 fully saturated rings. The second kappa shape index (κ2) is 10.2. The molecule has 1 aliphatic rings. The summed E-state index contributed by atoms with van der Waals surface area (Å²) in [6.07, 6.45) is -0.101. The van der Waals surface area contributed by atoms with Crippen molar-refractivity contribution in [3.8, 4) is 0 Å². The van der Waals surface area contributed by atoms with Gasteiger partial charge in [0.25, 0.3) is 5.91 Å². The zero-order valence-corrected chi connectivity index (χ0v) is 21.2. The molecule has 1 N–H and O–H groups in total. The van der Waals surface area contributed by atoms with Crippen molar-refractivity contribution >= 4 is 33.7 Å². The number of aromatic nitrogens is 1. The smallest absolute Gasteiger partial charge is 0.416 e. The molecule has 1 amide bonds. The van der Waals surface area contributed by atoms with Crippen LogP contribution in [-0.2, 0) is 22.3 Å². The van der Waals surface area contributed by atoms with Crippen LogP contribution in [0.3, 0.4) is 0 Å². The van der Waals surface area contributed by atoms with Crippen molar-refractivity contribution in [3.63, 3.8) is 0 Å². The highest BCUT2D eigenvalue weighted by atomic mass is 19.4. The Labute approximate surface area is 217 Å². The molecule has 2 aromatic carbocycles. The first-order valence-corrected chi connectivity index (χ1v) is 12.7. The van der Waals surface area contributed by atoms with Crippen molar-refractivity contribution in [1.82, 2.24) is 9.88 Å². The number of alkyl halides is 3. The van der Waals surface area contributed by atoms with Gasteiger partial charge in [-0.05, 0) is 62.8 Å². The molecule has 1 aliphatic carbocycles. The van der Waals surface area contributed by atoms with E-state index in [1.807, 2.05) is 31.2 Å². The number of nitrogens with zero attached hydrogens (tertiary/aromatic N) is 1. The van der Waals surface area contributed by atoms with E-state index in [2.05, 4.69) is 5.32 Å². The summed E-state index contributed by atoms with van der Waals surface area (Å²) in [5, 5.41) is 4.15. The average molecular weight is 527 g/mol. The molecule has 38 heavy (non-hydrogen) atoms. The molecule has 5 rings (SSSR count). The largest absolute Gasteiger partial charge is 0.469 e. The first kappa shape index (κ1) is 25.9. The molecule has 0 aliphatic heterocycles. The Morgan fingerprint density at radius 1 is 1.11 bits per heavy atom. The van der Waals surface area contributed by atoms with Gasteiger partial charge in [-0.25, -0.2) is 0 Å². The Kier molecular flexibility index (Phi) is 6.94. The predicted octanol–water partition coefficient (Wildman–Crippen LogP) is 6.47. The van der Waals surface area contributed by atoms with Crippen LogP contribution in [0.4, 0.5) is 13.2 Å². The highest BCUT2D eigenvalue weighted by Gasteiger charge is 2.33. The maximum atomic E-state index is 13.7. The van der Waals surface area contributed by atoms with Gasteiger partial charge in [-0.2, -0.15) is 13.2 Å². The van der Waals surface area contributed by atoms with Crippen LogP contribution in [0.1, 0.15) is 52.9 Å². The van der Waals surface area contributed by atoms with Crippen LogP contribution < -0.4 is 5.32 Å². The number of furan rings is 1. The van der Waals surface area contributed by atoms with E-state index in [1.54, 1.807) is 16.8 Å². The number of esters is 1. The van der Waals surface area contributed by atoms with E-state index >= 15 is 0 Å². The molecule has 2 aromatic heterocycles. The van der Waals surface area contributed by atoms with E-state index in [0.717, 1.165) is 41.5 Å². The third kappa shape index (κ3) is 5.01. The van der Waals surface area contributed by atoms with Gasteiger partial charge in [0.1, 0.15) is 11.3 Å². The lowest BCUT2D eigenvalue weighted by Crippen LogP contribution is -2.33. The number of para-hydroxylation sites is 1. The Balaban J connectivity index is 1.42. The van der Waals surface area contributed by atoms with Crippen LogP contribution >= 0.6 is 0 Å². The fraction of sp³-hybridized carbons (Fsp3) is 0.379. The molecule has 0 spiro atoms. The summed E-state index contributed by atoms with van der Waals surface area (Å²) in [4.78, 5) is 25.1. The molecule has 1 saturated carbocycles. The van der Waals surface area contributed by atoms with Crippen LogP contribution in [0.2, 0.25) is 0 Å². The van der Waals surface area contributed by atoms with Crippen LogP contribution in [0.5, 0.6) is 0 Å². The van der Waals surface area contributed by atoms with Gasteiger partial charge in [-0.3, -0.25) is 9.59 Å². The standard InChI is InChI=1S/C29H29F3N2O4/c1-17-22-5-3-4-6-24(22)38-25(17)16-34-12-11-20-13-21(29(30,31)32)14-23(26(20)34)27(35)33-15-18-7-9-19(10-8-18)28(36)37-2/h3-6,11-14,18-19H,7-10,15-16H2,1-2H3,(H,33,35). The third-order valence-electron chi connectivity index (χ3n) is 7.62. The predicted molar refractivity (Wildman–Crippen MR) is 137 cm³/mol. The Morgan fingerprint density at radius 2 is 1.84 bits per heavy atom. The molecule has 6 nitrogen and oxygen atoms in total. The van der Waals surface area contributed by atoms with Gasteiger partial charge in [0.05, 0.1) is 36.2 Å². The Morgan fingerprint density at radius 3 is 2.53 bits per heavy atom. The number of carbonyl (C=O) groups is 2. The van der Waals surface area contributed by atoms with E-state index in [4.69, 9.17) is 9.15 Å². The van der Waals surface area contributed by atoms with Gasteiger partial charge in [0, 0.05) is 29.1 Å². The minimum Gasteiger partial charge on any atom is -0.469 e. The lowest BCUT2D eigenvalue weighted by Gasteiger charge is -2.27. The zero-order chi connectivity index (χ0) is 27.0. The minimum atomic E-state index is -4.59. The molecule has 200 valence electrons. The first-order chi connectivity index (χ1) is 18.2. The molecule has 0 radical (unpaired) electrons. The molecular formula is C29H29F3N2O4. The molecule has 2 heterocycles. The Hall–Kier alpha value is -3.75. The summed E-state index contributed by atoms with van der Waals surface area (Å²) in [6.45, 7) is 2.54. The maximum Gasteiger partial charge on any atom is 0.416 e. The summed E-state index contributed by atoms with van der Waals surface area (Å²) in [6, 6.07) is 11.2. The van der Waals surface area contributed by atoms with E-state index in [9.17, 15) is 22.8 Å². The highest BCUT2D eigenvalue weighted by molar-refractivity contribution is 6.06. The topological polar surface area (TPSA) is 73.5 Å². The minimum absolute atomic E-state index is 0.0307. The first-order valence-electron chi connectivity index (χ1n) is 12.7. The van der Waals surface area contributed by atoms with Gasteiger partial charge in [0.15, 0.2) is 0 Å². The molecule has 0 unspecified atom stereocenters. The van der Waals surface area contributed by atoms with Crippen molar-refractivity contribution in [2.75, 3.05) is 13.7 Å². The summed E-state index contributed by atoms with van der Waals surface area (Å²) >= 11 is 0. The lowest BCUT2D eigenvalue weighted by atomic mass is 9.82. The monoisotopic (exact) mass is 526 g/mol. The summed E-state index contributed by atoms with van der Waals surface area (Å²) in [7, 11) is 1.37. The Bertz CT molecular complexity index is 1490. The van der Waals surface area contributed by atoms with Crippen LogP contribution in [0, 0.1) is 18.8 Å². The summed E-state index contributed by atoms with van der Waals surface area (Å²) in [5.41, 5.74) is 1.20. The van der Waals surface area contributed by atoms with E-state index in [1.165, 1.54) is 7.11 Å². The van der Waals surface area contributed by atoms with Crippen molar-refractivity contribution in [2.24, 2.45) is 11.8 Å². The molecule has 0 bridgehead atoms. The number of hydrogen-bond acceptors (Lipinski definition) is 4. The number of rotatable bonds is 6. The number of methoxy groups -OCH3 is 1. The van der Waals surface area contributed by atoms with Gasteiger partial charge < -0.3 is 19.0 Å². The maximum absolute atomic E-state index is 13.7. The number of hydrogen-bond donors (Lipinski definition) is 1. The van der Waals surface area contributed by atoms with Crippen molar-refractivity contribution in [1.29, 1.82) is 0 Å². The van der Waals surface area contributed by atoms with Crippen LogP contribution in [0.15, 0.2) is 53.1 Å². The second-order valence-corrected chi connectivity index (χ2v) is 10.0. The third-order valence-corrected chi connectivity index (χ3v) is 7.62. The normalized spacial score (nSPS) is 18.1. The van der Waals surface area contributed by atoms with Gasteiger partial charge in [-0.15, -0.1) is 0 Å². The number of fused-ring (bicyclic) bond motifs is 2. The quantitative estimate of drug-likeness (QED) is 0.292. The van der Waals surface area contributed by atoms with Gasteiger partial charge in [0.2, 0.25) is 0 Å². The number of benzene rings is 2. The number of halogens is 3. The number of nitrogens with one attached hydrogen (secondary N) is 1. The SMILES string of the molecule is COC(=O)C1CCC(CNC(=O)c2cc(C(F)(F)F)cc3ccn(Cc4oc5ccccc5c4C)c23)CC1. The van der Waals surface area contributed by atoms with Crippen LogP contribution in [-0.4, -0.2) is 30.1 Å². The second-order valence-electron chi connectivity index (χ2n) is 10.0. The zero-order valence-electron chi connectivity index (χ0n) is 21.2. The molecule has 9 heteroatoms. The summed E-state index contributed by atoms with van der Waals surface area (Å²) < 4.78 is 53.7. The lowest BCUT2D eigenvalue weighted by molar-refractivity contribution is -0.146. The van der Waals surface area contributed by atoms with Gasteiger partial charge in [-0.1, -0.05) is 18.2 Å². The highest BCUT2D eigenvalue weighted by Crippen LogP contribution is 2.35. The van der Waals surface area contributed by atoms with Gasteiger partial charge >= 0.3 is 12.1 Å². The fourth-order valence-electron chi connectivity index (χ4n) is 5.45.